The number of aromatic nitrogens is 2. The highest BCUT2D eigenvalue weighted by molar-refractivity contribution is 6.05. The number of carbonyl (C=O) groups excluding carboxylic acids is 1. The molecular formula is C10H17N5O2. The van der Waals surface area contributed by atoms with Crippen LogP contribution in [-0.4, -0.2) is 26.7 Å². The van der Waals surface area contributed by atoms with Gasteiger partial charge in [0.05, 0.1) is 6.20 Å². The van der Waals surface area contributed by atoms with E-state index >= 15 is 0 Å². The maximum Gasteiger partial charge on any atom is 0.233 e. The Morgan fingerprint density at radius 2 is 2.35 bits per heavy atom. The molecule has 0 radical (unpaired) electrons. The van der Waals surface area contributed by atoms with Crippen LogP contribution in [0.1, 0.15) is 19.4 Å². The Labute approximate surface area is 99.3 Å². The minimum Gasteiger partial charge on any atom is -0.409 e. The molecule has 1 heterocycles. The lowest BCUT2D eigenvalue weighted by Gasteiger charge is -2.21. The summed E-state index contributed by atoms with van der Waals surface area (Å²) < 4.78 is 1.65. The van der Waals surface area contributed by atoms with E-state index in [-0.39, 0.29) is 11.7 Å². The summed E-state index contributed by atoms with van der Waals surface area (Å²) in [5.74, 6) is -0.433. The van der Waals surface area contributed by atoms with Gasteiger partial charge < -0.3 is 16.3 Å². The molecule has 17 heavy (non-hydrogen) atoms. The van der Waals surface area contributed by atoms with Crippen LogP contribution in [-0.2, 0) is 18.4 Å². The molecule has 0 saturated carbocycles. The van der Waals surface area contributed by atoms with Crippen LogP contribution in [0.4, 0.5) is 0 Å². The molecule has 0 unspecified atom stereocenters. The smallest absolute Gasteiger partial charge is 0.233 e. The third-order valence-electron chi connectivity index (χ3n) is 2.53. The summed E-state index contributed by atoms with van der Waals surface area (Å²) in [7, 11) is 1.80. The van der Waals surface area contributed by atoms with Gasteiger partial charge in [0.15, 0.2) is 5.84 Å². The van der Waals surface area contributed by atoms with Crippen LogP contribution >= 0.6 is 0 Å². The van der Waals surface area contributed by atoms with Crippen molar-refractivity contribution in [2.24, 2.45) is 23.4 Å². The van der Waals surface area contributed by atoms with Gasteiger partial charge in [-0.2, -0.15) is 5.10 Å². The van der Waals surface area contributed by atoms with E-state index in [1.54, 1.807) is 38.0 Å². The predicted octanol–water partition coefficient (Wildman–Crippen LogP) is -0.191. The standard InChI is InChI=1S/C10H17N5O2/c1-10(2,8(11)14-17)9(16)12-4-7-5-13-15(3)6-7/h5-6,17H,4H2,1-3H3,(H2,11,14)(H,12,16). The number of hydrogen-bond donors (Lipinski definition) is 3. The molecule has 7 nitrogen and oxygen atoms in total. The number of nitrogens with two attached hydrogens (primary N) is 1. The van der Waals surface area contributed by atoms with Gasteiger partial charge in [-0.15, -0.1) is 0 Å². The number of rotatable bonds is 4. The van der Waals surface area contributed by atoms with E-state index in [0.29, 0.717) is 6.54 Å². The lowest BCUT2D eigenvalue weighted by Crippen LogP contribution is -2.45. The van der Waals surface area contributed by atoms with Crippen molar-refractivity contribution in [3.8, 4) is 0 Å². The lowest BCUT2D eigenvalue weighted by molar-refractivity contribution is -0.126. The van der Waals surface area contributed by atoms with E-state index in [0.717, 1.165) is 5.56 Å². The van der Waals surface area contributed by atoms with Crippen LogP contribution < -0.4 is 11.1 Å². The first-order valence-electron chi connectivity index (χ1n) is 5.11. The quantitative estimate of drug-likeness (QED) is 0.293. The summed E-state index contributed by atoms with van der Waals surface area (Å²) in [6, 6.07) is 0. The maximum atomic E-state index is 11.8. The second-order valence-corrected chi connectivity index (χ2v) is 4.32. The van der Waals surface area contributed by atoms with Gasteiger partial charge >= 0.3 is 0 Å². The minimum atomic E-state index is -1.04. The van der Waals surface area contributed by atoms with Gasteiger partial charge in [-0.25, -0.2) is 0 Å². The second kappa shape index (κ2) is 4.86. The summed E-state index contributed by atoms with van der Waals surface area (Å²) >= 11 is 0. The highest BCUT2D eigenvalue weighted by atomic mass is 16.4. The number of amidine groups is 1. The third-order valence-corrected chi connectivity index (χ3v) is 2.53. The average Bonchev–Trinajstić information content (AvgIpc) is 2.70. The maximum absolute atomic E-state index is 11.8. The van der Waals surface area contributed by atoms with Crippen LogP contribution in [0.15, 0.2) is 17.5 Å². The number of nitrogens with zero attached hydrogens (tertiary/aromatic N) is 3. The number of oxime groups is 1. The van der Waals surface area contributed by atoms with Crippen LogP contribution in [0, 0.1) is 5.41 Å². The van der Waals surface area contributed by atoms with Crippen molar-refractivity contribution < 1.29 is 10.0 Å². The highest BCUT2D eigenvalue weighted by Crippen LogP contribution is 2.15. The summed E-state index contributed by atoms with van der Waals surface area (Å²) in [6.07, 6.45) is 3.47. The van der Waals surface area contributed by atoms with Crippen LogP contribution in [0.5, 0.6) is 0 Å². The van der Waals surface area contributed by atoms with E-state index < -0.39 is 5.41 Å². The Kier molecular flexibility index (Phi) is 3.72. The topological polar surface area (TPSA) is 106 Å². The highest BCUT2D eigenvalue weighted by Gasteiger charge is 2.32. The molecule has 1 rings (SSSR count). The Bertz CT molecular complexity index is 436. The summed E-state index contributed by atoms with van der Waals surface area (Å²) in [5.41, 5.74) is 5.29. The minimum absolute atomic E-state index is 0.124. The number of carbonyl (C=O) groups is 1. The van der Waals surface area contributed by atoms with E-state index in [1.807, 2.05) is 0 Å². The molecule has 0 bridgehead atoms. The summed E-state index contributed by atoms with van der Waals surface area (Å²) in [6.45, 7) is 3.52. The van der Waals surface area contributed by atoms with Gasteiger partial charge in [-0.3, -0.25) is 9.48 Å². The predicted molar refractivity (Wildman–Crippen MR) is 62.2 cm³/mol. The molecule has 94 valence electrons. The Hall–Kier alpha value is -2.05. The fourth-order valence-corrected chi connectivity index (χ4v) is 1.21. The SMILES string of the molecule is Cn1cc(CNC(=O)C(C)(C)C(N)=NO)cn1. The Balaban J connectivity index is 2.61. The third kappa shape index (κ3) is 2.96. The molecular weight excluding hydrogens is 222 g/mol. The molecule has 0 fully saturated rings. The fraction of sp³-hybridized carbons (Fsp3) is 0.500. The molecule has 7 heteroatoms. The molecule has 0 atom stereocenters. The zero-order chi connectivity index (χ0) is 13.1. The van der Waals surface area contributed by atoms with Crippen molar-refractivity contribution in [3.63, 3.8) is 0 Å². The van der Waals surface area contributed by atoms with Gasteiger partial charge in [0, 0.05) is 25.4 Å². The van der Waals surface area contributed by atoms with Gasteiger partial charge in [-0.1, -0.05) is 5.16 Å². The van der Waals surface area contributed by atoms with Crippen molar-refractivity contribution in [3.05, 3.63) is 18.0 Å². The molecule has 0 aliphatic carbocycles. The lowest BCUT2D eigenvalue weighted by atomic mass is 9.91. The van der Waals surface area contributed by atoms with Crippen LogP contribution in [0.2, 0.25) is 0 Å². The zero-order valence-corrected chi connectivity index (χ0v) is 10.1. The molecule has 0 aliphatic heterocycles. The van der Waals surface area contributed by atoms with Crippen molar-refractivity contribution >= 4 is 11.7 Å². The summed E-state index contributed by atoms with van der Waals surface area (Å²) in [4.78, 5) is 11.8. The van der Waals surface area contributed by atoms with Gasteiger partial charge in [0.2, 0.25) is 5.91 Å². The number of aryl methyl sites for hydroxylation is 1. The normalized spacial score (nSPS) is 12.5. The molecule has 0 aromatic carbocycles. The second-order valence-electron chi connectivity index (χ2n) is 4.32. The van der Waals surface area contributed by atoms with E-state index in [2.05, 4.69) is 15.6 Å². The van der Waals surface area contributed by atoms with E-state index in [9.17, 15) is 4.79 Å². The molecule has 4 N–H and O–H groups in total. The number of amides is 1. The van der Waals surface area contributed by atoms with E-state index in [1.165, 1.54) is 0 Å². The van der Waals surface area contributed by atoms with Crippen molar-refractivity contribution in [2.45, 2.75) is 20.4 Å². The zero-order valence-electron chi connectivity index (χ0n) is 10.1. The molecule has 0 aliphatic rings. The first kappa shape index (κ1) is 13.0. The molecule has 1 amide bonds. The Morgan fingerprint density at radius 3 is 2.82 bits per heavy atom. The molecule has 1 aromatic rings. The van der Waals surface area contributed by atoms with E-state index in [4.69, 9.17) is 10.9 Å². The van der Waals surface area contributed by atoms with Gasteiger partial charge in [0.25, 0.3) is 0 Å². The first-order valence-corrected chi connectivity index (χ1v) is 5.11. The van der Waals surface area contributed by atoms with Crippen LogP contribution in [0.25, 0.3) is 0 Å². The molecule has 1 aromatic heterocycles. The Morgan fingerprint density at radius 1 is 1.71 bits per heavy atom. The van der Waals surface area contributed by atoms with Crippen LogP contribution in [0.3, 0.4) is 0 Å². The van der Waals surface area contributed by atoms with Crippen molar-refractivity contribution in [2.75, 3.05) is 0 Å². The van der Waals surface area contributed by atoms with Gasteiger partial charge in [-0.05, 0) is 13.8 Å². The fourth-order valence-electron chi connectivity index (χ4n) is 1.21. The van der Waals surface area contributed by atoms with Crippen molar-refractivity contribution in [1.82, 2.24) is 15.1 Å². The molecule has 0 saturated heterocycles. The first-order chi connectivity index (χ1) is 7.87. The monoisotopic (exact) mass is 239 g/mol. The van der Waals surface area contributed by atoms with Crippen molar-refractivity contribution in [1.29, 1.82) is 0 Å². The largest absolute Gasteiger partial charge is 0.409 e. The summed E-state index contributed by atoms with van der Waals surface area (Å²) in [5, 5.41) is 18.1. The number of hydrogen-bond acceptors (Lipinski definition) is 4. The van der Waals surface area contributed by atoms with Gasteiger partial charge in [0.1, 0.15) is 5.41 Å². The molecule has 0 spiro atoms. The average molecular weight is 239 g/mol. The number of nitrogens with one attached hydrogen (secondary N) is 1.